The number of hydrogen-bond acceptors (Lipinski definition) is 4. The molecule has 0 aliphatic heterocycles. The molecule has 7 heteroatoms. The van der Waals surface area contributed by atoms with Gasteiger partial charge < -0.3 is 5.32 Å². The van der Waals surface area contributed by atoms with Gasteiger partial charge >= 0.3 is 5.69 Å². The lowest BCUT2D eigenvalue weighted by molar-refractivity contribution is -0.385. The van der Waals surface area contributed by atoms with Crippen molar-refractivity contribution in [2.75, 3.05) is 0 Å². The third kappa shape index (κ3) is 2.91. The van der Waals surface area contributed by atoms with Crippen molar-refractivity contribution < 1.29 is 9.72 Å². The van der Waals surface area contributed by atoms with E-state index in [0.717, 1.165) is 19.3 Å². The average Bonchev–Trinajstić information content (AvgIpc) is 2.74. The van der Waals surface area contributed by atoms with Gasteiger partial charge in [0.2, 0.25) is 5.69 Å². The van der Waals surface area contributed by atoms with Crippen molar-refractivity contribution in [1.82, 2.24) is 15.1 Å². The normalized spacial score (nSPS) is 23.1. The van der Waals surface area contributed by atoms with E-state index in [1.54, 1.807) is 7.05 Å². The minimum Gasteiger partial charge on any atom is -0.347 e. The first kappa shape index (κ1) is 13.5. The fourth-order valence-corrected chi connectivity index (χ4v) is 2.54. The topological polar surface area (TPSA) is 90.1 Å². The van der Waals surface area contributed by atoms with Crippen LogP contribution in [-0.4, -0.2) is 26.7 Å². The Bertz CT molecular complexity index is 497. The molecule has 0 spiro atoms. The van der Waals surface area contributed by atoms with Gasteiger partial charge in [-0.3, -0.25) is 19.6 Å². The van der Waals surface area contributed by atoms with E-state index in [1.165, 1.54) is 17.3 Å². The predicted molar refractivity (Wildman–Crippen MR) is 68.7 cm³/mol. The number of aromatic nitrogens is 2. The van der Waals surface area contributed by atoms with Gasteiger partial charge in [-0.15, -0.1) is 0 Å². The number of hydrogen-bond donors (Lipinski definition) is 1. The first-order valence-corrected chi connectivity index (χ1v) is 6.48. The molecular formula is C12H18N4O3. The van der Waals surface area contributed by atoms with Gasteiger partial charge in [-0.05, 0) is 18.8 Å². The summed E-state index contributed by atoms with van der Waals surface area (Å²) in [4.78, 5) is 22.4. The van der Waals surface area contributed by atoms with E-state index in [-0.39, 0.29) is 17.4 Å². The summed E-state index contributed by atoms with van der Waals surface area (Å²) < 4.78 is 1.29. The molecule has 1 aliphatic rings. The summed E-state index contributed by atoms with van der Waals surface area (Å²) in [5.41, 5.74) is -0.353. The summed E-state index contributed by atoms with van der Waals surface area (Å²) in [6.45, 7) is 2.09. The smallest absolute Gasteiger partial charge is 0.320 e. The minimum atomic E-state index is -0.577. The molecule has 1 heterocycles. The standard InChI is InChI=1S/C12H18N4O3/c1-8-5-3-4-6-9(8)13-12(17)11-10(16(18)19)7-15(2)14-11/h7-9H,3-6H2,1-2H3,(H,13,17)/t8-,9-/m0/s1. The molecular weight excluding hydrogens is 248 g/mol. The van der Waals surface area contributed by atoms with Crippen LogP contribution in [0.15, 0.2) is 6.20 Å². The van der Waals surface area contributed by atoms with Crippen LogP contribution in [0.3, 0.4) is 0 Å². The van der Waals surface area contributed by atoms with Gasteiger partial charge in [0, 0.05) is 13.1 Å². The Hall–Kier alpha value is -1.92. The Kier molecular flexibility index (Phi) is 3.82. The van der Waals surface area contributed by atoms with Gasteiger partial charge in [-0.2, -0.15) is 5.10 Å². The third-order valence-corrected chi connectivity index (χ3v) is 3.65. The second-order valence-electron chi connectivity index (χ2n) is 5.14. The van der Waals surface area contributed by atoms with Gasteiger partial charge in [0.25, 0.3) is 5.91 Å². The van der Waals surface area contributed by atoms with Crippen molar-refractivity contribution >= 4 is 11.6 Å². The van der Waals surface area contributed by atoms with E-state index in [9.17, 15) is 14.9 Å². The monoisotopic (exact) mass is 266 g/mol. The van der Waals surface area contributed by atoms with E-state index in [4.69, 9.17) is 0 Å². The lowest BCUT2D eigenvalue weighted by Gasteiger charge is -2.29. The van der Waals surface area contributed by atoms with Gasteiger partial charge in [-0.25, -0.2) is 0 Å². The molecule has 1 aromatic rings. The molecule has 0 unspecified atom stereocenters. The lowest BCUT2D eigenvalue weighted by Crippen LogP contribution is -2.41. The number of nitro groups is 1. The molecule has 1 amide bonds. The van der Waals surface area contributed by atoms with E-state index >= 15 is 0 Å². The molecule has 19 heavy (non-hydrogen) atoms. The Balaban J connectivity index is 2.13. The van der Waals surface area contributed by atoms with Crippen molar-refractivity contribution in [3.05, 3.63) is 22.0 Å². The average molecular weight is 266 g/mol. The molecule has 1 saturated carbocycles. The fraction of sp³-hybridized carbons (Fsp3) is 0.667. The largest absolute Gasteiger partial charge is 0.347 e. The molecule has 1 aliphatic carbocycles. The predicted octanol–water partition coefficient (Wildman–Crippen LogP) is 1.64. The highest BCUT2D eigenvalue weighted by atomic mass is 16.6. The zero-order valence-electron chi connectivity index (χ0n) is 11.1. The van der Waals surface area contributed by atoms with Gasteiger partial charge in [-0.1, -0.05) is 19.8 Å². The van der Waals surface area contributed by atoms with E-state index in [1.807, 2.05) is 0 Å². The zero-order valence-corrected chi connectivity index (χ0v) is 11.1. The highest BCUT2D eigenvalue weighted by Gasteiger charge is 2.29. The molecule has 1 fully saturated rings. The molecule has 1 N–H and O–H groups in total. The van der Waals surface area contributed by atoms with Gasteiger partial charge in [0.05, 0.1) is 4.92 Å². The van der Waals surface area contributed by atoms with Crippen LogP contribution in [0.4, 0.5) is 5.69 Å². The van der Waals surface area contributed by atoms with E-state index in [2.05, 4.69) is 17.3 Å². The first-order chi connectivity index (χ1) is 8.99. The molecule has 104 valence electrons. The Morgan fingerprint density at radius 2 is 2.21 bits per heavy atom. The number of nitrogens with one attached hydrogen (secondary N) is 1. The maximum atomic E-state index is 12.1. The number of nitrogens with zero attached hydrogens (tertiary/aromatic N) is 3. The maximum Gasteiger partial charge on any atom is 0.320 e. The van der Waals surface area contributed by atoms with Crippen LogP contribution in [0.2, 0.25) is 0 Å². The summed E-state index contributed by atoms with van der Waals surface area (Å²) in [6, 6.07) is 0.0860. The summed E-state index contributed by atoms with van der Waals surface area (Å²) in [6.07, 6.45) is 5.51. The van der Waals surface area contributed by atoms with Crippen LogP contribution in [0.5, 0.6) is 0 Å². The van der Waals surface area contributed by atoms with Crippen LogP contribution in [0.25, 0.3) is 0 Å². The fourth-order valence-electron chi connectivity index (χ4n) is 2.54. The summed E-state index contributed by atoms with van der Waals surface area (Å²) in [7, 11) is 1.56. The maximum absolute atomic E-state index is 12.1. The number of rotatable bonds is 3. The summed E-state index contributed by atoms with van der Waals surface area (Å²) in [5, 5.41) is 17.6. The number of carbonyl (C=O) groups is 1. The Labute approximate surface area is 111 Å². The molecule has 0 aromatic carbocycles. The quantitative estimate of drug-likeness (QED) is 0.665. The summed E-state index contributed by atoms with van der Waals surface area (Å²) >= 11 is 0. The molecule has 2 atom stereocenters. The lowest BCUT2D eigenvalue weighted by atomic mass is 9.86. The minimum absolute atomic E-state index is 0.0860. The molecule has 0 radical (unpaired) electrons. The first-order valence-electron chi connectivity index (χ1n) is 6.48. The Morgan fingerprint density at radius 3 is 2.84 bits per heavy atom. The highest BCUT2D eigenvalue weighted by molar-refractivity contribution is 5.96. The second-order valence-corrected chi connectivity index (χ2v) is 5.14. The van der Waals surface area contributed by atoms with E-state index in [0.29, 0.717) is 5.92 Å². The van der Waals surface area contributed by atoms with Crippen LogP contribution >= 0.6 is 0 Å². The van der Waals surface area contributed by atoms with Crippen molar-refractivity contribution in [3.63, 3.8) is 0 Å². The van der Waals surface area contributed by atoms with Crippen LogP contribution < -0.4 is 5.32 Å². The Morgan fingerprint density at radius 1 is 1.53 bits per heavy atom. The van der Waals surface area contributed by atoms with Crippen molar-refractivity contribution in [2.24, 2.45) is 13.0 Å². The second kappa shape index (κ2) is 5.38. The SMILES string of the molecule is C[C@H]1CCCC[C@@H]1NC(=O)c1nn(C)cc1[N+](=O)[O-]. The highest BCUT2D eigenvalue weighted by Crippen LogP contribution is 2.24. The molecule has 0 bridgehead atoms. The van der Waals surface area contributed by atoms with Crippen LogP contribution in [0.1, 0.15) is 43.1 Å². The van der Waals surface area contributed by atoms with Crippen molar-refractivity contribution in [2.45, 2.75) is 38.6 Å². The molecule has 1 aromatic heterocycles. The van der Waals surface area contributed by atoms with Crippen LogP contribution in [0, 0.1) is 16.0 Å². The third-order valence-electron chi connectivity index (χ3n) is 3.65. The zero-order chi connectivity index (χ0) is 14.0. The number of carbonyl (C=O) groups excluding carboxylic acids is 1. The number of aryl methyl sites for hydroxylation is 1. The van der Waals surface area contributed by atoms with Gasteiger partial charge in [0.1, 0.15) is 6.20 Å². The number of amides is 1. The molecule has 2 rings (SSSR count). The van der Waals surface area contributed by atoms with E-state index < -0.39 is 10.8 Å². The summed E-state index contributed by atoms with van der Waals surface area (Å²) in [5.74, 6) is -0.0495. The van der Waals surface area contributed by atoms with Gasteiger partial charge in [0.15, 0.2) is 0 Å². The molecule has 7 nitrogen and oxygen atoms in total. The van der Waals surface area contributed by atoms with Crippen molar-refractivity contribution in [3.8, 4) is 0 Å². The van der Waals surface area contributed by atoms with Crippen LogP contribution in [-0.2, 0) is 7.05 Å². The molecule has 0 saturated heterocycles. The van der Waals surface area contributed by atoms with Crippen molar-refractivity contribution in [1.29, 1.82) is 0 Å².